The van der Waals surface area contributed by atoms with Crippen molar-refractivity contribution in [3.63, 3.8) is 0 Å². The van der Waals surface area contributed by atoms with Crippen molar-refractivity contribution < 1.29 is 0 Å². The normalized spacial score (nSPS) is 26.6. The molecule has 2 aliphatic heterocycles. The number of piperidine rings is 1. The van der Waals surface area contributed by atoms with Crippen molar-refractivity contribution in [2.24, 2.45) is 16.1 Å². The SMILES string of the molecule is CN1CCC(=C2C3=NCC=CC3CC(N=O)c3cc(Cl)ccc32)CC1. The summed E-state index contributed by atoms with van der Waals surface area (Å²) in [6.45, 7) is 2.83. The molecule has 5 heteroatoms. The maximum absolute atomic E-state index is 11.6. The lowest BCUT2D eigenvalue weighted by Crippen LogP contribution is -2.28. The van der Waals surface area contributed by atoms with Gasteiger partial charge < -0.3 is 4.90 Å². The third kappa shape index (κ3) is 3.09. The van der Waals surface area contributed by atoms with Gasteiger partial charge in [0.2, 0.25) is 0 Å². The predicted molar refractivity (Wildman–Crippen MR) is 103 cm³/mol. The number of benzene rings is 1. The number of nitroso groups, excluding NO2 is 1. The summed E-state index contributed by atoms with van der Waals surface area (Å²) in [6.07, 6.45) is 7.05. The first kappa shape index (κ1) is 16.7. The molecule has 4 rings (SSSR count). The fourth-order valence-electron chi connectivity index (χ4n) is 4.19. The van der Waals surface area contributed by atoms with Crippen LogP contribution in [-0.2, 0) is 0 Å². The Morgan fingerprint density at radius 2 is 2.08 bits per heavy atom. The van der Waals surface area contributed by atoms with Gasteiger partial charge in [-0.2, -0.15) is 4.91 Å². The number of aliphatic imine (C=N–C) groups is 1. The minimum absolute atomic E-state index is 0.157. The van der Waals surface area contributed by atoms with Crippen molar-refractivity contribution in [1.82, 2.24) is 4.90 Å². The Hall–Kier alpha value is -1.78. The second-order valence-corrected chi connectivity index (χ2v) is 7.57. The molecule has 2 unspecified atom stereocenters. The first-order valence-corrected chi connectivity index (χ1v) is 9.29. The number of nitrogens with zero attached hydrogens (tertiary/aromatic N) is 3. The van der Waals surface area contributed by atoms with E-state index in [0.717, 1.165) is 42.8 Å². The van der Waals surface area contributed by atoms with E-state index in [1.54, 1.807) is 0 Å². The highest BCUT2D eigenvalue weighted by Crippen LogP contribution is 2.43. The van der Waals surface area contributed by atoms with Crippen LogP contribution >= 0.6 is 11.6 Å². The molecule has 2 atom stereocenters. The summed E-state index contributed by atoms with van der Waals surface area (Å²) in [4.78, 5) is 18.8. The van der Waals surface area contributed by atoms with Gasteiger partial charge in [-0.3, -0.25) is 4.99 Å². The van der Waals surface area contributed by atoms with E-state index in [-0.39, 0.29) is 12.0 Å². The monoisotopic (exact) mass is 355 g/mol. The molecule has 0 N–H and O–H groups in total. The van der Waals surface area contributed by atoms with Crippen LogP contribution in [0.2, 0.25) is 5.02 Å². The fraction of sp³-hybridized carbons (Fsp3) is 0.450. The summed E-state index contributed by atoms with van der Waals surface area (Å²) in [5.41, 5.74) is 5.89. The lowest BCUT2D eigenvalue weighted by atomic mass is 9.85. The average molecular weight is 356 g/mol. The smallest absolute Gasteiger partial charge is 0.118 e. The van der Waals surface area contributed by atoms with Crippen LogP contribution in [0.5, 0.6) is 0 Å². The van der Waals surface area contributed by atoms with Gasteiger partial charge in [0, 0.05) is 35.3 Å². The highest BCUT2D eigenvalue weighted by Gasteiger charge is 2.34. The standard InChI is InChI=1S/C20H22ClN3O/c1-24-9-6-13(7-10-24)19-16-5-4-15(21)12-17(16)18(23-25)11-14-3-2-8-22-20(14)19/h2-5,12,14,18H,6-11H2,1H3. The Morgan fingerprint density at radius 3 is 2.84 bits per heavy atom. The Bertz CT molecular complexity index is 786. The molecule has 0 saturated carbocycles. The van der Waals surface area contributed by atoms with Crippen molar-refractivity contribution in [3.05, 3.63) is 57.0 Å². The zero-order valence-electron chi connectivity index (χ0n) is 14.4. The van der Waals surface area contributed by atoms with E-state index in [4.69, 9.17) is 16.6 Å². The van der Waals surface area contributed by atoms with E-state index in [1.807, 2.05) is 12.1 Å². The largest absolute Gasteiger partial charge is 0.306 e. The van der Waals surface area contributed by atoms with Crippen molar-refractivity contribution >= 4 is 22.9 Å². The van der Waals surface area contributed by atoms with E-state index >= 15 is 0 Å². The minimum Gasteiger partial charge on any atom is -0.306 e. The first-order valence-electron chi connectivity index (χ1n) is 8.91. The molecule has 0 spiro atoms. The molecule has 1 aliphatic carbocycles. The summed E-state index contributed by atoms with van der Waals surface area (Å²) in [6, 6.07) is 5.51. The molecule has 1 aromatic carbocycles. The molecular weight excluding hydrogens is 334 g/mol. The van der Waals surface area contributed by atoms with Gasteiger partial charge in [-0.25, -0.2) is 0 Å². The van der Waals surface area contributed by atoms with Crippen LogP contribution in [0.1, 0.15) is 36.4 Å². The summed E-state index contributed by atoms with van der Waals surface area (Å²) >= 11 is 6.25. The summed E-state index contributed by atoms with van der Waals surface area (Å²) in [7, 11) is 2.16. The fourth-order valence-corrected chi connectivity index (χ4v) is 4.37. The number of halogens is 1. The lowest BCUT2D eigenvalue weighted by molar-refractivity contribution is 0.313. The molecular formula is C20H22ClN3O. The second-order valence-electron chi connectivity index (χ2n) is 7.13. The van der Waals surface area contributed by atoms with E-state index in [1.165, 1.54) is 11.1 Å². The van der Waals surface area contributed by atoms with E-state index < -0.39 is 0 Å². The molecule has 1 aromatic rings. The van der Waals surface area contributed by atoms with Gasteiger partial charge in [0.15, 0.2) is 0 Å². The van der Waals surface area contributed by atoms with Gasteiger partial charge in [-0.1, -0.05) is 40.6 Å². The highest BCUT2D eigenvalue weighted by molar-refractivity contribution is 6.31. The molecule has 1 saturated heterocycles. The molecule has 0 aromatic heterocycles. The topological polar surface area (TPSA) is 45.0 Å². The van der Waals surface area contributed by atoms with Gasteiger partial charge in [-0.15, -0.1) is 0 Å². The number of hydrogen-bond donors (Lipinski definition) is 0. The summed E-state index contributed by atoms with van der Waals surface area (Å²) < 4.78 is 0. The van der Waals surface area contributed by atoms with Crippen molar-refractivity contribution in [2.45, 2.75) is 25.3 Å². The Morgan fingerprint density at radius 1 is 1.28 bits per heavy atom. The van der Waals surface area contributed by atoms with Gasteiger partial charge in [0.05, 0.1) is 6.54 Å². The predicted octanol–water partition coefficient (Wildman–Crippen LogP) is 4.66. The van der Waals surface area contributed by atoms with Gasteiger partial charge in [-0.05, 0) is 49.6 Å². The number of likely N-dealkylation sites (tertiary alicyclic amines) is 1. The molecule has 1 fully saturated rings. The van der Waals surface area contributed by atoms with Gasteiger partial charge in [0.25, 0.3) is 0 Å². The molecule has 2 heterocycles. The van der Waals surface area contributed by atoms with Crippen LogP contribution < -0.4 is 0 Å². The van der Waals surface area contributed by atoms with Crippen LogP contribution in [0.25, 0.3) is 5.57 Å². The number of fused-ring (bicyclic) bond motifs is 2. The Labute approximate surface area is 153 Å². The van der Waals surface area contributed by atoms with Crippen molar-refractivity contribution in [1.29, 1.82) is 0 Å². The van der Waals surface area contributed by atoms with E-state index in [2.05, 4.69) is 35.3 Å². The number of rotatable bonds is 1. The number of dihydropyridines is 1. The van der Waals surface area contributed by atoms with Crippen molar-refractivity contribution in [3.8, 4) is 0 Å². The third-order valence-corrected chi connectivity index (χ3v) is 5.77. The van der Waals surface area contributed by atoms with Crippen LogP contribution in [0, 0.1) is 10.8 Å². The maximum atomic E-state index is 11.6. The first-order chi connectivity index (χ1) is 12.2. The Kier molecular flexibility index (Phi) is 4.57. The molecule has 4 nitrogen and oxygen atoms in total. The maximum Gasteiger partial charge on any atom is 0.118 e. The van der Waals surface area contributed by atoms with Crippen molar-refractivity contribution in [2.75, 3.05) is 26.7 Å². The summed E-state index contributed by atoms with van der Waals surface area (Å²) in [5.74, 6) is 0.157. The summed E-state index contributed by atoms with van der Waals surface area (Å²) in [5, 5.41) is 4.10. The molecule has 130 valence electrons. The molecule has 3 aliphatic rings. The Balaban J connectivity index is 1.93. The molecule has 0 radical (unpaired) electrons. The average Bonchev–Trinajstić information content (AvgIpc) is 2.76. The van der Waals surface area contributed by atoms with Crippen LogP contribution in [0.3, 0.4) is 0 Å². The highest BCUT2D eigenvalue weighted by atomic mass is 35.5. The third-order valence-electron chi connectivity index (χ3n) is 5.53. The zero-order chi connectivity index (χ0) is 17.4. The number of allylic oxidation sites excluding steroid dienone is 2. The van der Waals surface area contributed by atoms with Crippen LogP contribution in [0.15, 0.2) is 46.1 Å². The van der Waals surface area contributed by atoms with Crippen LogP contribution in [-0.4, -0.2) is 37.3 Å². The quantitative estimate of drug-likeness (QED) is 0.543. The second kappa shape index (κ2) is 6.85. The van der Waals surface area contributed by atoms with Crippen LogP contribution in [0.4, 0.5) is 0 Å². The van der Waals surface area contributed by atoms with E-state index in [0.29, 0.717) is 18.0 Å². The van der Waals surface area contributed by atoms with Gasteiger partial charge >= 0.3 is 0 Å². The lowest BCUT2D eigenvalue weighted by Gasteiger charge is -2.28. The van der Waals surface area contributed by atoms with E-state index in [9.17, 15) is 4.91 Å². The number of hydrogen-bond acceptors (Lipinski definition) is 4. The minimum atomic E-state index is -0.379. The zero-order valence-corrected chi connectivity index (χ0v) is 15.2. The molecule has 25 heavy (non-hydrogen) atoms. The molecule has 0 bridgehead atoms. The van der Waals surface area contributed by atoms with Gasteiger partial charge in [0.1, 0.15) is 6.04 Å². The molecule has 0 amide bonds.